The Labute approximate surface area is 146 Å². The number of methoxy groups -OCH3 is 1. The Bertz CT molecular complexity index is 648. The van der Waals surface area contributed by atoms with Crippen LogP contribution < -0.4 is 4.74 Å². The molecular formula is C21H29N2O+. The SMILES string of the molecule is CC[N+]1(C)CCN(C(c2ccccc2)c2ccccc2OC)CC1. The van der Waals surface area contributed by atoms with E-state index in [9.17, 15) is 0 Å². The van der Waals surface area contributed by atoms with E-state index < -0.39 is 0 Å². The van der Waals surface area contributed by atoms with Crippen molar-refractivity contribution in [3.05, 3.63) is 65.7 Å². The lowest BCUT2D eigenvalue weighted by Gasteiger charge is -2.44. The normalized spacial score (nSPS) is 19.0. The van der Waals surface area contributed by atoms with Crippen molar-refractivity contribution in [1.29, 1.82) is 0 Å². The maximum absolute atomic E-state index is 5.67. The summed E-state index contributed by atoms with van der Waals surface area (Å²) in [7, 11) is 4.14. The molecule has 0 aliphatic carbocycles. The quantitative estimate of drug-likeness (QED) is 0.779. The smallest absolute Gasteiger partial charge is 0.123 e. The van der Waals surface area contributed by atoms with Crippen molar-refractivity contribution in [3.63, 3.8) is 0 Å². The molecule has 2 aromatic rings. The van der Waals surface area contributed by atoms with Crippen LogP contribution >= 0.6 is 0 Å². The number of ether oxygens (including phenoxy) is 1. The number of hydrogen-bond acceptors (Lipinski definition) is 2. The molecule has 1 saturated heterocycles. The first-order valence-corrected chi connectivity index (χ1v) is 8.92. The fourth-order valence-electron chi connectivity index (χ4n) is 3.65. The monoisotopic (exact) mass is 325 g/mol. The summed E-state index contributed by atoms with van der Waals surface area (Å²) in [6.07, 6.45) is 0. The zero-order valence-corrected chi connectivity index (χ0v) is 15.1. The molecule has 0 amide bonds. The van der Waals surface area contributed by atoms with Crippen molar-refractivity contribution in [2.75, 3.05) is 46.9 Å². The average Bonchev–Trinajstić information content (AvgIpc) is 2.65. The van der Waals surface area contributed by atoms with E-state index in [2.05, 4.69) is 67.4 Å². The number of nitrogens with zero attached hydrogens (tertiary/aromatic N) is 2. The summed E-state index contributed by atoms with van der Waals surface area (Å²) in [5, 5.41) is 0. The number of hydrogen-bond donors (Lipinski definition) is 0. The number of quaternary nitrogens is 1. The van der Waals surface area contributed by atoms with Gasteiger partial charge < -0.3 is 9.22 Å². The predicted octanol–water partition coefficient (Wildman–Crippen LogP) is 3.57. The molecule has 128 valence electrons. The number of likely N-dealkylation sites (N-methyl/N-ethyl adjacent to an activating group) is 1. The summed E-state index contributed by atoms with van der Waals surface area (Å²) in [6.45, 7) is 8.14. The Morgan fingerprint density at radius 3 is 2.25 bits per heavy atom. The Hall–Kier alpha value is -1.84. The molecule has 0 bridgehead atoms. The third-order valence-electron chi connectivity index (χ3n) is 5.53. The van der Waals surface area contributed by atoms with Crippen LogP contribution in [-0.2, 0) is 0 Å². The molecule has 1 aliphatic rings. The van der Waals surface area contributed by atoms with E-state index in [1.54, 1.807) is 7.11 Å². The van der Waals surface area contributed by atoms with Gasteiger partial charge in [0, 0.05) is 18.7 Å². The van der Waals surface area contributed by atoms with E-state index >= 15 is 0 Å². The molecule has 1 unspecified atom stereocenters. The van der Waals surface area contributed by atoms with Gasteiger partial charge in [0.2, 0.25) is 0 Å². The highest BCUT2D eigenvalue weighted by molar-refractivity contribution is 5.41. The summed E-state index contributed by atoms with van der Waals surface area (Å²) in [4.78, 5) is 2.61. The summed E-state index contributed by atoms with van der Waals surface area (Å²) in [5.74, 6) is 0.977. The summed E-state index contributed by atoms with van der Waals surface area (Å²) < 4.78 is 6.84. The van der Waals surface area contributed by atoms with E-state index in [1.165, 1.54) is 35.2 Å². The van der Waals surface area contributed by atoms with Crippen LogP contribution in [0.4, 0.5) is 0 Å². The van der Waals surface area contributed by atoms with Crippen LogP contribution in [-0.4, -0.2) is 56.3 Å². The van der Waals surface area contributed by atoms with Gasteiger partial charge in [0.25, 0.3) is 0 Å². The van der Waals surface area contributed by atoms with Gasteiger partial charge >= 0.3 is 0 Å². The van der Waals surface area contributed by atoms with Crippen LogP contribution in [0.5, 0.6) is 5.75 Å². The Kier molecular flexibility index (Phi) is 5.22. The molecule has 3 nitrogen and oxygen atoms in total. The second-order valence-corrected chi connectivity index (χ2v) is 6.97. The number of para-hydroxylation sites is 1. The number of benzene rings is 2. The lowest BCUT2D eigenvalue weighted by atomic mass is 9.95. The van der Waals surface area contributed by atoms with Crippen molar-refractivity contribution in [2.24, 2.45) is 0 Å². The van der Waals surface area contributed by atoms with Crippen molar-refractivity contribution < 1.29 is 9.22 Å². The van der Waals surface area contributed by atoms with Gasteiger partial charge in [-0.3, -0.25) is 4.90 Å². The van der Waals surface area contributed by atoms with Crippen molar-refractivity contribution in [2.45, 2.75) is 13.0 Å². The molecule has 1 atom stereocenters. The van der Waals surface area contributed by atoms with E-state index in [0.717, 1.165) is 18.8 Å². The topological polar surface area (TPSA) is 12.5 Å². The van der Waals surface area contributed by atoms with E-state index in [1.807, 2.05) is 6.07 Å². The molecular weight excluding hydrogens is 296 g/mol. The van der Waals surface area contributed by atoms with E-state index in [4.69, 9.17) is 4.74 Å². The molecule has 0 aromatic heterocycles. The Morgan fingerprint density at radius 1 is 1.00 bits per heavy atom. The van der Waals surface area contributed by atoms with Gasteiger partial charge in [0.15, 0.2) is 0 Å². The van der Waals surface area contributed by atoms with Crippen LogP contribution in [0.25, 0.3) is 0 Å². The molecule has 1 fully saturated rings. The highest BCUT2D eigenvalue weighted by atomic mass is 16.5. The third-order valence-corrected chi connectivity index (χ3v) is 5.53. The second kappa shape index (κ2) is 7.37. The van der Waals surface area contributed by atoms with E-state index in [0.29, 0.717) is 0 Å². The minimum Gasteiger partial charge on any atom is -0.496 e. The molecule has 3 rings (SSSR count). The minimum absolute atomic E-state index is 0.257. The van der Waals surface area contributed by atoms with Crippen LogP contribution in [0.2, 0.25) is 0 Å². The molecule has 3 heteroatoms. The minimum atomic E-state index is 0.257. The zero-order chi connectivity index (χ0) is 17.0. The van der Waals surface area contributed by atoms with Crippen molar-refractivity contribution in [3.8, 4) is 5.75 Å². The average molecular weight is 325 g/mol. The standard InChI is InChI=1S/C21H29N2O/c1-4-23(2)16-14-22(15-17-23)21(18-10-6-5-7-11-18)19-12-8-9-13-20(19)24-3/h5-13,21H,4,14-17H2,1-3H3/q+1. The first kappa shape index (κ1) is 17.0. The maximum Gasteiger partial charge on any atom is 0.123 e. The van der Waals surface area contributed by atoms with Crippen LogP contribution in [0.3, 0.4) is 0 Å². The maximum atomic E-state index is 5.67. The third kappa shape index (κ3) is 3.47. The van der Waals surface area contributed by atoms with Gasteiger partial charge in [-0.25, -0.2) is 0 Å². The Balaban J connectivity index is 1.95. The van der Waals surface area contributed by atoms with Crippen molar-refractivity contribution >= 4 is 0 Å². The van der Waals surface area contributed by atoms with Crippen LogP contribution in [0, 0.1) is 0 Å². The van der Waals surface area contributed by atoms with Gasteiger partial charge in [-0.1, -0.05) is 48.5 Å². The first-order valence-electron chi connectivity index (χ1n) is 8.92. The van der Waals surface area contributed by atoms with Gasteiger partial charge in [0.1, 0.15) is 5.75 Å². The number of piperazine rings is 1. The molecule has 2 aromatic carbocycles. The van der Waals surface area contributed by atoms with E-state index in [-0.39, 0.29) is 6.04 Å². The zero-order valence-electron chi connectivity index (χ0n) is 15.1. The predicted molar refractivity (Wildman–Crippen MR) is 99.3 cm³/mol. The van der Waals surface area contributed by atoms with Gasteiger partial charge in [-0.15, -0.1) is 0 Å². The van der Waals surface area contributed by atoms with Gasteiger partial charge in [0.05, 0.1) is 39.8 Å². The highest BCUT2D eigenvalue weighted by Gasteiger charge is 2.33. The molecule has 0 spiro atoms. The molecule has 1 heterocycles. The summed E-state index contributed by atoms with van der Waals surface area (Å²) in [6, 6.07) is 19.5. The summed E-state index contributed by atoms with van der Waals surface area (Å²) >= 11 is 0. The molecule has 1 aliphatic heterocycles. The Morgan fingerprint density at radius 2 is 1.62 bits per heavy atom. The molecule has 0 radical (unpaired) electrons. The van der Waals surface area contributed by atoms with Crippen LogP contribution in [0.15, 0.2) is 54.6 Å². The lowest BCUT2D eigenvalue weighted by Crippen LogP contribution is -2.57. The van der Waals surface area contributed by atoms with Gasteiger partial charge in [-0.05, 0) is 18.6 Å². The molecule has 0 N–H and O–H groups in total. The fourth-order valence-corrected chi connectivity index (χ4v) is 3.65. The number of rotatable bonds is 5. The fraction of sp³-hybridized carbons (Fsp3) is 0.429. The summed E-state index contributed by atoms with van der Waals surface area (Å²) in [5.41, 5.74) is 2.61. The van der Waals surface area contributed by atoms with Crippen molar-refractivity contribution in [1.82, 2.24) is 4.90 Å². The lowest BCUT2D eigenvalue weighted by molar-refractivity contribution is -0.912. The first-order chi connectivity index (χ1) is 11.7. The second-order valence-electron chi connectivity index (χ2n) is 6.97. The van der Waals surface area contributed by atoms with Gasteiger partial charge in [-0.2, -0.15) is 0 Å². The highest BCUT2D eigenvalue weighted by Crippen LogP contribution is 2.35. The van der Waals surface area contributed by atoms with Crippen LogP contribution in [0.1, 0.15) is 24.1 Å². The largest absolute Gasteiger partial charge is 0.496 e. The molecule has 24 heavy (non-hydrogen) atoms. The molecule has 0 saturated carbocycles.